The first-order valence-electron chi connectivity index (χ1n) is 5.39. The molecule has 5 nitrogen and oxygen atoms in total. The Morgan fingerprint density at radius 3 is 2.47 bits per heavy atom. The zero-order chi connectivity index (χ0) is 13.0. The van der Waals surface area contributed by atoms with Gasteiger partial charge in [0.2, 0.25) is 0 Å². The molecule has 1 aromatic rings. The van der Waals surface area contributed by atoms with Gasteiger partial charge in [0, 0.05) is 12.2 Å². The number of aryl methyl sites for hydroxylation is 1. The van der Waals surface area contributed by atoms with Crippen molar-refractivity contribution in [2.45, 2.75) is 20.3 Å². The van der Waals surface area contributed by atoms with Gasteiger partial charge in [0.25, 0.3) is 5.91 Å². The Bertz CT molecular complexity index is 455. The number of benzene rings is 1. The van der Waals surface area contributed by atoms with Crippen LogP contribution in [0.1, 0.15) is 39.6 Å². The van der Waals surface area contributed by atoms with E-state index in [1.807, 2.05) is 6.92 Å². The maximum absolute atomic E-state index is 11.3. The van der Waals surface area contributed by atoms with Crippen LogP contribution < -0.4 is 11.1 Å². The Hall–Kier alpha value is -2.04. The van der Waals surface area contributed by atoms with Crippen LogP contribution in [0.3, 0.4) is 0 Å². The number of anilines is 1. The first kappa shape index (κ1) is 13.0. The van der Waals surface area contributed by atoms with Gasteiger partial charge in [-0.25, -0.2) is 4.79 Å². The van der Waals surface area contributed by atoms with Crippen LogP contribution in [-0.2, 0) is 0 Å². The van der Waals surface area contributed by atoms with Crippen molar-refractivity contribution in [1.29, 1.82) is 0 Å². The summed E-state index contributed by atoms with van der Waals surface area (Å²) in [5, 5.41) is 12.0. The van der Waals surface area contributed by atoms with Gasteiger partial charge in [0.1, 0.15) is 0 Å². The van der Waals surface area contributed by atoms with Crippen LogP contribution >= 0.6 is 0 Å². The lowest BCUT2D eigenvalue weighted by Gasteiger charge is -2.12. The first-order chi connectivity index (χ1) is 7.97. The van der Waals surface area contributed by atoms with E-state index in [0.29, 0.717) is 23.4 Å². The van der Waals surface area contributed by atoms with E-state index < -0.39 is 11.9 Å². The number of hydrogen-bond donors (Lipinski definition) is 3. The topological polar surface area (TPSA) is 92.4 Å². The van der Waals surface area contributed by atoms with Crippen molar-refractivity contribution in [3.63, 3.8) is 0 Å². The highest BCUT2D eigenvalue weighted by molar-refractivity contribution is 6.01. The maximum atomic E-state index is 11.3. The molecule has 0 fully saturated rings. The summed E-state index contributed by atoms with van der Waals surface area (Å²) < 4.78 is 0. The quantitative estimate of drug-likeness (QED) is 0.724. The summed E-state index contributed by atoms with van der Waals surface area (Å²) in [6.45, 7) is 4.27. The van der Waals surface area contributed by atoms with Crippen molar-refractivity contribution >= 4 is 17.6 Å². The monoisotopic (exact) mass is 236 g/mol. The van der Waals surface area contributed by atoms with Gasteiger partial charge in [-0.1, -0.05) is 6.92 Å². The Morgan fingerprint density at radius 2 is 2.00 bits per heavy atom. The minimum Gasteiger partial charge on any atom is -0.478 e. The van der Waals surface area contributed by atoms with Crippen LogP contribution in [0.4, 0.5) is 5.69 Å². The molecule has 0 radical (unpaired) electrons. The number of aromatic carboxylic acids is 1. The van der Waals surface area contributed by atoms with Crippen molar-refractivity contribution in [3.05, 3.63) is 28.8 Å². The summed E-state index contributed by atoms with van der Waals surface area (Å²) >= 11 is 0. The number of amides is 1. The zero-order valence-electron chi connectivity index (χ0n) is 9.91. The van der Waals surface area contributed by atoms with Crippen molar-refractivity contribution in [3.8, 4) is 0 Å². The molecule has 92 valence electrons. The van der Waals surface area contributed by atoms with Crippen LogP contribution in [-0.4, -0.2) is 23.5 Å². The third kappa shape index (κ3) is 2.96. The first-order valence-corrected chi connectivity index (χ1v) is 5.39. The molecule has 0 saturated carbocycles. The van der Waals surface area contributed by atoms with E-state index >= 15 is 0 Å². The molecule has 0 bridgehead atoms. The van der Waals surface area contributed by atoms with Gasteiger partial charge in [0.15, 0.2) is 0 Å². The van der Waals surface area contributed by atoms with E-state index in [9.17, 15) is 9.59 Å². The molecule has 1 amide bonds. The van der Waals surface area contributed by atoms with Gasteiger partial charge < -0.3 is 16.2 Å². The fourth-order valence-electron chi connectivity index (χ4n) is 1.55. The molecule has 0 atom stereocenters. The molecule has 0 aromatic heterocycles. The van der Waals surface area contributed by atoms with E-state index in [-0.39, 0.29) is 5.56 Å². The highest BCUT2D eigenvalue weighted by atomic mass is 16.4. The van der Waals surface area contributed by atoms with Gasteiger partial charge in [-0.05, 0) is 31.0 Å². The molecular weight excluding hydrogens is 220 g/mol. The van der Waals surface area contributed by atoms with Crippen LogP contribution in [0.2, 0.25) is 0 Å². The molecule has 5 heteroatoms. The molecule has 0 aliphatic carbocycles. The summed E-state index contributed by atoms with van der Waals surface area (Å²) in [4.78, 5) is 22.2. The standard InChI is InChI=1S/C12H16N2O3/c1-3-4-14-10-6-8(12(16)17)7(2)5-9(10)11(13)15/h5-6,14H,3-4H2,1-2H3,(H2,13,15)(H,16,17). The van der Waals surface area contributed by atoms with Gasteiger partial charge in [0.05, 0.1) is 11.1 Å². The Morgan fingerprint density at radius 1 is 1.35 bits per heavy atom. The molecule has 0 unspecified atom stereocenters. The lowest BCUT2D eigenvalue weighted by atomic mass is 10.0. The smallest absolute Gasteiger partial charge is 0.336 e. The fourth-order valence-corrected chi connectivity index (χ4v) is 1.55. The summed E-state index contributed by atoms with van der Waals surface area (Å²) in [6, 6.07) is 2.96. The summed E-state index contributed by atoms with van der Waals surface area (Å²) in [5.41, 5.74) is 6.75. The average molecular weight is 236 g/mol. The molecule has 4 N–H and O–H groups in total. The minimum atomic E-state index is -1.02. The number of carbonyl (C=O) groups is 2. The molecule has 0 saturated heterocycles. The predicted molar refractivity (Wildman–Crippen MR) is 65.4 cm³/mol. The second-order valence-corrected chi connectivity index (χ2v) is 3.81. The molecule has 1 aromatic carbocycles. The number of nitrogens with one attached hydrogen (secondary N) is 1. The molecule has 0 heterocycles. The van der Waals surface area contributed by atoms with Crippen LogP contribution in [0, 0.1) is 6.92 Å². The lowest BCUT2D eigenvalue weighted by Crippen LogP contribution is -2.16. The Kier molecular flexibility index (Phi) is 4.09. The summed E-state index contributed by atoms with van der Waals surface area (Å²) in [6.07, 6.45) is 0.870. The number of primary amides is 1. The fraction of sp³-hybridized carbons (Fsp3) is 0.333. The number of carbonyl (C=O) groups excluding carboxylic acids is 1. The second-order valence-electron chi connectivity index (χ2n) is 3.81. The summed E-state index contributed by atoms with van der Waals surface area (Å²) in [7, 11) is 0. The highest BCUT2D eigenvalue weighted by Gasteiger charge is 2.14. The van der Waals surface area contributed by atoms with Crippen molar-refractivity contribution < 1.29 is 14.7 Å². The maximum Gasteiger partial charge on any atom is 0.336 e. The van der Waals surface area contributed by atoms with E-state index in [4.69, 9.17) is 10.8 Å². The number of nitrogens with two attached hydrogens (primary N) is 1. The largest absolute Gasteiger partial charge is 0.478 e. The Labute approximate surface area is 99.6 Å². The highest BCUT2D eigenvalue weighted by Crippen LogP contribution is 2.21. The van der Waals surface area contributed by atoms with E-state index in [1.165, 1.54) is 12.1 Å². The SMILES string of the molecule is CCCNc1cc(C(=O)O)c(C)cc1C(N)=O. The van der Waals surface area contributed by atoms with Crippen LogP contribution in [0.15, 0.2) is 12.1 Å². The number of rotatable bonds is 5. The van der Waals surface area contributed by atoms with Gasteiger partial charge >= 0.3 is 5.97 Å². The van der Waals surface area contributed by atoms with E-state index in [1.54, 1.807) is 6.92 Å². The van der Waals surface area contributed by atoms with Gasteiger partial charge in [-0.15, -0.1) is 0 Å². The van der Waals surface area contributed by atoms with Gasteiger partial charge in [-0.3, -0.25) is 4.79 Å². The molecular formula is C12H16N2O3. The van der Waals surface area contributed by atoms with Crippen LogP contribution in [0.25, 0.3) is 0 Å². The molecule has 0 aliphatic rings. The zero-order valence-corrected chi connectivity index (χ0v) is 9.91. The van der Waals surface area contributed by atoms with Crippen molar-refractivity contribution in [1.82, 2.24) is 0 Å². The summed E-state index contributed by atoms with van der Waals surface area (Å²) in [5.74, 6) is -1.58. The predicted octanol–water partition coefficient (Wildman–Crippen LogP) is 1.61. The third-order valence-electron chi connectivity index (χ3n) is 2.43. The van der Waals surface area contributed by atoms with Crippen LogP contribution in [0.5, 0.6) is 0 Å². The van der Waals surface area contributed by atoms with E-state index in [2.05, 4.69) is 5.32 Å². The average Bonchev–Trinajstić information content (AvgIpc) is 2.26. The van der Waals surface area contributed by atoms with Gasteiger partial charge in [-0.2, -0.15) is 0 Å². The molecule has 1 rings (SSSR count). The third-order valence-corrected chi connectivity index (χ3v) is 2.43. The lowest BCUT2D eigenvalue weighted by molar-refractivity contribution is 0.0695. The number of hydrogen-bond acceptors (Lipinski definition) is 3. The molecule has 17 heavy (non-hydrogen) atoms. The van der Waals surface area contributed by atoms with Crippen molar-refractivity contribution in [2.75, 3.05) is 11.9 Å². The minimum absolute atomic E-state index is 0.175. The molecule has 0 aliphatic heterocycles. The van der Waals surface area contributed by atoms with Crippen molar-refractivity contribution in [2.24, 2.45) is 5.73 Å². The normalized spacial score (nSPS) is 10.0. The molecule has 0 spiro atoms. The number of carboxylic acids is 1. The van der Waals surface area contributed by atoms with E-state index in [0.717, 1.165) is 6.42 Å². The number of carboxylic acid groups (broad SMARTS) is 1. The Balaban J connectivity index is 3.26. The second kappa shape index (κ2) is 5.34.